The maximum atomic E-state index is 11.7. The molecule has 2 heteroatoms. The van der Waals surface area contributed by atoms with Gasteiger partial charge in [0.25, 0.3) is 0 Å². The molecule has 3 unspecified atom stereocenters. The van der Waals surface area contributed by atoms with Crippen LogP contribution in [-0.2, 0) is 9.59 Å². The Balaban J connectivity index is 0.000000324. The fraction of sp³-hybridized carbons (Fsp3) is 0.565. The van der Waals surface area contributed by atoms with Crippen LogP contribution in [0.5, 0.6) is 0 Å². The Labute approximate surface area is 151 Å². The van der Waals surface area contributed by atoms with Gasteiger partial charge in [0.15, 0.2) is 5.78 Å². The molecule has 0 saturated heterocycles. The fourth-order valence-corrected chi connectivity index (χ4v) is 4.72. The van der Waals surface area contributed by atoms with Crippen molar-refractivity contribution >= 4 is 11.6 Å². The zero-order chi connectivity index (χ0) is 18.2. The van der Waals surface area contributed by atoms with Gasteiger partial charge in [0.2, 0.25) is 0 Å². The highest BCUT2D eigenvalue weighted by Crippen LogP contribution is 2.55. The molecule has 0 aromatic heterocycles. The number of rotatable bonds is 1. The molecule has 4 aliphatic carbocycles. The van der Waals surface area contributed by atoms with Gasteiger partial charge in [-0.15, -0.1) is 0 Å². The smallest absolute Gasteiger partial charge is 0.156 e. The highest BCUT2D eigenvalue weighted by atomic mass is 16.1. The summed E-state index contributed by atoms with van der Waals surface area (Å²) in [5.41, 5.74) is 6.09. The van der Waals surface area contributed by atoms with Gasteiger partial charge in [0.05, 0.1) is 0 Å². The summed E-state index contributed by atoms with van der Waals surface area (Å²) in [6.07, 6.45) is 15.0. The lowest BCUT2D eigenvalue weighted by Gasteiger charge is -2.43. The van der Waals surface area contributed by atoms with Gasteiger partial charge in [-0.3, -0.25) is 4.79 Å². The minimum Gasteiger partial charge on any atom is -0.300 e. The van der Waals surface area contributed by atoms with Crippen LogP contribution in [0.1, 0.15) is 66.2 Å². The third-order valence-corrected chi connectivity index (χ3v) is 6.56. The van der Waals surface area contributed by atoms with Crippen LogP contribution in [0.15, 0.2) is 46.6 Å². The highest BCUT2D eigenvalue weighted by molar-refractivity contribution is 5.92. The second kappa shape index (κ2) is 6.90. The summed E-state index contributed by atoms with van der Waals surface area (Å²) in [7, 11) is 0. The lowest BCUT2D eigenvalue weighted by molar-refractivity contribution is -0.117. The predicted molar refractivity (Wildman–Crippen MR) is 102 cm³/mol. The van der Waals surface area contributed by atoms with Crippen molar-refractivity contribution in [2.75, 3.05) is 0 Å². The van der Waals surface area contributed by atoms with Gasteiger partial charge in [0.1, 0.15) is 5.78 Å². The molecule has 0 N–H and O–H groups in total. The largest absolute Gasteiger partial charge is 0.300 e. The molecule has 25 heavy (non-hydrogen) atoms. The van der Waals surface area contributed by atoms with E-state index in [9.17, 15) is 9.59 Å². The summed E-state index contributed by atoms with van der Waals surface area (Å²) >= 11 is 0. The summed E-state index contributed by atoms with van der Waals surface area (Å²) < 4.78 is 0. The standard InChI is InChI=1S/C19H22O.C4H8O/c1-12-3-5-16-15(12)7-8-18-17(16)6-4-13-11-14(20)9-10-19(13,18)2;1-3-4(2)5/h4-6,11-12,15H,3,7-10H2,1-2H3;3H2,1-2H3. The third kappa shape index (κ3) is 3.23. The van der Waals surface area contributed by atoms with E-state index in [-0.39, 0.29) is 11.2 Å². The normalized spacial score (nSPS) is 32.7. The second-order valence-electron chi connectivity index (χ2n) is 8.20. The molecule has 0 radical (unpaired) electrons. The van der Waals surface area contributed by atoms with E-state index in [1.54, 1.807) is 18.1 Å². The topological polar surface area (TPSA) is 34.1 Å². The van der Waals surface area contributed by atoms with Crippen molar-refractivity contribution in [3.05, 3.63) is 46.6 Å². The van der Waals surface area contributed by atoms with Crippen LogP contribution in [0.2, 0.25) is 0 Å². The van der Waals surface area contributed by atoms with Crippen LogP contribution in [-0.4, -0.2) is 11.6 Å². The van der Waals surface area contributed by atoms with Crippen LogP contribution in [0.3, 0.4) is 0 Å². The van der Waals surface area contributed by atoms with E-state index >= 15 is 0 Å². The molecule has 0 bridgehead atoms. The summed E-state index contributed by atoms with van der Waals surface area (Å²) in [6.45, 7) is 8.17. The van der Waals surface area contributed by atoms with E-state index in [1.807, 2.05) is 13.0 Å². The molecule has 0 fully saturated rings. The van der Waals surface area contributed by atoms with Gasteiger partial charge in [-0.25, -0.2) is 0 Å². The number of hydrogen-bond donors (Lipinski definition) is 0. The van der Waals surface area contributed by atoms with Gasteiger partial charge in [-0.2, -0.15) is 0 Å². The minimum absolute atomic E-state index is 0.121. The lowest BCUT2D eigenvalue weighted by Crippen LogP contribution is -2.32. The molecule has 134 valence electrons. The van der Waals surface area contributed by atoms with Gasteiger partial charge >= 0.3 is 0 Å². The van der Waals surface area contributed by atoms with Crippen molar-refractivity contribution in [1.29, 1.82) is 0 Å². The number of hydrogen-bond acceptors (Lipinski definition) is 2. The average molecular weight is 338 g/mol. The Bertz CT molecular complexity index is 716. The SMILES string of the molecule is CC1CC=C2C3=C(CCC21)C1(C)CCC(=O)C=C1C=C3.CCC(C)=O. The Morgan fingerprint density at radius 3 is 2.68 bits per heavy atom. The molecule has 0 aromatic carbocycles. The fourth-order valence-electron chi connectivity index (χ4n) is 4.72. The van der Waals surface area contributed by atoms with E-state index < -0.39 is 0 Å². The molecule has 0 aliphatic heterocycles. The molecule has 4 rings (SSSR count). The minimum atomic E-state index is 0.121. The molecule has 0 spiro atoms. The maximum absolute atomic E-state index is 11.7. The van der Waals surface area contributed by atoms with Crippen LogP contribution >= 0.6 is 0 Å². The number of fused-ring (bicyclic) bond motifs is 4. The van der Waals surface area contributed by atoms with Crippen LogP contribution < -0.4 is 0 Å². The van der Waals surface area contributed by atoms with Crippen LogP contribution in [0.4, 0.5) is 0 Å². The Kier molecular flexibility index (Phi) is 4.99. The molecular formula is C23H30O2. The number of carbonyl (C=O) groups is 2. The quantitative estimate of drug-likeness (QED) is 0.632. The summed E-state index contributed by atoms with van der Waals surface area (Å²) in [5.74, 6) is 2.14. The average Bonchev–Trinajstić information content (AvgIpc) is 2.97. The van der Waals surface area contributed by atoms with Gasteiger partial charge in [-0.1, -0.05) is 44.6 Å². The van der Waals surface area contributed by atoms with Crippen molar-refractivity contribution < 1.29 is 9.59 Å². The van der Waals surface area contributed by atoms with Crippen molar-refractivity contribution in [2.45, 2.75) is 66.2 Å². The van der Waals surface area contributed by atoms with E-state index in [0.717, 1.165) is 18.3 Å². The van der Waals surface area contributed by atoms with E-state index in [1.165, 1.54) is 30.4 Å². The first-order chi connectivity index (χ1) is 11.9. The highest BCUT2D eigenvalue weighted by Gasteiger charge is 2.43. The van der Waals surface area contributed by atoms with Gasteiger partial charge in [0, 0.05) is 18.3 Å². The molecular weight excluding hydrogens is 308 g/mol. The lowest BCUT2D eigenvalue weighted by atomic mass is 9.60. The Morgan fingerprint density at radius 1 is 1.28 bits per heavy atom. The first-order valence-electron chi connectivity index (χ1n) is 9.73. The first-order valence-corrected chi connectivity index (χ1v) is 9.73. The van der Waals surface area contributed by atoms with Gasteiger partial charge < -0.3 is 4.79 Å². The maximum Gasteiger partial charge on any atom is 0.156 e. The molecule has 3 atom stereocenters. The van der Waals surface area contributed by atoms with E-state index in [2.05, 4.69) is 32.1 Å². The monoisotopic (exact) mass is 338 g/mol. The molecule has 0 aromatic rings. The Hall–Kier alpha value is -1.70. The Morgan fingerprint density at radius 2 is 2.00 bits per heavy atom. The van der Waals surface area contributed by atoms with Gasteiger partial charge in [-0.05, 0) is 67.2 Å². The van der Waals surface area contributed by atoms with E-state index in [0.29, 0.717) is 18.6 Å². The molecule has 2 nitrogen and oxygen atoms in total. The van der Waals surface area contributed by atoms with Crippen molar-refractivity contribution in [2.24, 2.45) is 17.3 Å². The van der Waals surface area contributed by atoms with Crippen LogP contribution in [0.25, 0.3) is 0 Å². The number of allylic oxidation sites excluding steroid dienone is 8. The number of ketones is 2. The molecule has 0 amide bonds. The summed E-state index contributed by atoms with van der Waals surface area (Å²) in [4.78, 5) is 21.5. The zero-order valence-corrected chi connectivity index (χ0v) is 16.0. The number of Topliss-reactive ketones (excluding diaryl/α,β-unsaturated/α-hetero) is 1. The summed E-state index contributed by atoms with van der Waals surface area (Å²) in [6, 6.07) is 0. The zero-order valence-electron chi connectivity index (χ0n) is 16.0. The summed E-state index contributed by atoms with van der Waals surface area (Å²) in [5, 5.41) is 0. The molecule has 0 saturated carbocycles. The predicted octanol–water partition coefficient (Wildman–Crippen LogP) is 5.51. The number of carbonyl (C=O) groups excluding carboxylic acids is 2. The van der Waals surface area contributed by atoms with Crippen molar-refractivity contribution in [1.82, 2.24) is 0 Å². The molecule has 4 aliphatic rings. The van der Waals surface area contributed by atoms with Crippen LogP contribution in [0, 0.1) is 17.3 Å². The second-order valence-corrected chi connectivity index (χ2v) is 8.20. The van der Waals surface area contributed by atoms with Crippen molar-refractivity contribution in [3.8, 4) is 0 Å². The molecule has 0 heterocycles. The van der Waals surface area contributed by atoms with Crippen molar-refractivity contribution in [3.63, 3.8) is 0 Å². The first kappa shape index (κ1) is 18.1. The third-order valence-electron chi connectivity index (χ3n) is 6.56. The van der Waals surface area contributed by atoms with E-state index in [4.69, 9.17) is 0 Å².